The quantitative estimate of drug-likeness (QED) is 0.644. The van der Waals surface area contributed by atoms with Crippen LogP contribution in [0.2, 0.25) is 0 Å². The van der Waals surface area contributed by atoms with Crippen molar-refractivity contribution in [2.45, 2.75) is 26.2 Å². The lowest BCUT2D eigenvalue weighted by Gasteiger charge is -2.11. The van der Waals surface area contributed by atoms with Crippen LogP contribution in [0.5, 0.6) is 5.75 Å². The van der Waals surface area contributed by atoms with Gasteiger partial charge in [-0.3, -0.25) is 9.59 Å². The van der Waals surface area contributed by atoms with Gasteiger partial charge < -0.3 is 10.1 Å². The zero-order chi connectivity index (χ0) is 13.9. The molecule has 2 rings (SSSR count). The van der Waals surface area contributed by atoms with Gasteiger partial charge in [-0.2, -0.15) is 0 Å². The van der Waals surface area contributed by atoms with E-state index in [0.717, 1.165) is 12.2 Å². The number of benzene rings is 1. The van der Waals surface area contributed by atoms with E-state index in [4.69, 9.17) is 16.3 Å². The van der Waals surface area contributed by atoms with E-state index in [1.165, 1.54) is 0 Å². The fourth-order valence-corrected chi connectivity index (χ4v) is 2.02. The van der Waals surface area contributed by atoms with Crippen LogP contribution in [0, 0.1) is 5.41 Å². The van der Waals surface area contributed by atoms with Gasteiger partial charge in [0.25, 0.3) is 0 Å². The monoisotopic (exact) mass is 281 g/mol. The van der Waals surface area contributed by atoms with E-state index in [2.05, 4.69) is 5.32 Å². The minimum Gasteiger partial charge on any atom is -0.494 e. The van der Waals surface area contributed by atoms with Gasteiger partial charge in [0.05, 0.1) is 6.61 Å². The highest BCUT2D eigenvalue weighted by atomic mass is 35.5. The SMILES string of the molecule is CCCOc1ccc(NC(=O)C2(C(=O)Cl)CC2)cc1. The molecular weight excluding hydrogens is 266 g/mol. The zero-order valence-electron chi connectivity index (χ0n) is 10.7. The maximum atomic E-state index is 11.9. The second kappa shape index (κ2) is 5.61. The Balaban J connectivity index is 1.96. The minimum absolute atomic E-state index is 0.324. The van der Waals surface area contributed by atoms with Gasteiger partial charge in [-0.25, -0.2) is 0 Å². The van der Waals surface area contributed by atoms with Gasteiger partial charge in [-0.1, -0.05) is 6.92 Å². The maximum Gasteiger partial charge on any atom is 0.239 e. The standard InChI is InChI=1S/C14H16ClNO3/c1-2-9-19-11-5-3-10(4-6-11)16-13(18)14(7-8-14)12(15)17/h3-6H,2,7-9H2,1H3,(H,16,18). The predicted molar refractivity (Wildman–Crippen MR) is 73.4 cm³/mol. The van der Waals surface area contributed by atoms with Crippen LogP contribution in [-0.4, -0.2) is 17.8 Å². The molecule has 1 aliphatic rings. The Morgan fingerprint density at radius 1 is 1.32 bits per heavy atom. The molecule has 0 heterocycles. The number of halogens is 1. The van der Waals surface area contributed by atoms with Crippen molar-refractivity contribution in [2.75, 3.05) is 11.9 Å². The lowest BCUT2D eigenvalue weighted by atomic mass is 10.1. The van der Waals surface area contributed by atoms with Crippen LogP contribution in [0.4, 0.5) is 5.69 Å². The molecular formula is C14H16ClNO3. The Labute approximate surface area is 117 Å². The summed E-state index contributed by atoms with van der Waals surface area (Å²) in [6.45, 7) is 2.70. The Morgan fingerprint density at radius 2 is 1.95 bits per heavy atom. The first kappa shape index (κ1) is 13.9. The molecule has 1 fully saturated rings. The molecule has 0 aromatic heterocycles. The van der Waals surface area contributed by atoms with Gasteiger partial charge >= 0.3 is 0 Å². The highest BCUT2D eigenvalue weighted by Gasteiger charge is 2.55. The van der Waals surface area contributed by atoms with Gasteiger partial charge in [0, 0.05) is 5.69 Å². The third-order valence-corrected chi connectivity index (χ3v) is 3.51. The van der Waals surface area contributed by atoms with Crippen molar-refractivity contribution in [1.82, 2.24) is 0 Å². The normalized spacial score (nSPS) is 15.7. The average Bonchev–Trinajstić information content (AvgIpc) is 3.19. The minimum atomic E-state index is -1.00. The smallest absolute Gasteiger partial charge is 0.239 e. The summed E-state index contributed by atoms with van der Waals surface area (Å²) >= 11 is 5.46. The molecule has 0 aliphatic heterocycles. The molecule has 0 bridgehead atoms. The van der Waals surface area contributed by atoms with Crippen LogP contribution < -0.4 is 10.1 Å². The summed E-state index contributed by atoms with van der Waals surface area (Å²) in [6, 6.07) is 7.07. The Hall–Kier alpha value is -1.55. The Kier molecular flexibility index (Phi) is 4.10. The molecule has 1 N–H and O–H groups in total. The number of hydrogen-bond donors (Lipinski definition) is 1. The third kappa shape index (κ3) is 3.07. The number of carbonyl (C=O) groups is 2. The summed E-state index contributed by atoms with van der Waals surface area (Å²) in [5.41, 5.74) is -0.364. The maximum absolute atomic E-state index is 11.9. The van der Waals surface area contributed by atoms with E-state index >= 15 is 0 Å². The van der Waals surface area contributed by atoms with Gasteiger partial charge in [0.15, 0.2) is 0 Å². The van der Waals surface area contributed by atoms with Gasteiger partial charge in [-0.05, 0) is 55.1 Å². The molecule has 5 heteroatoms. The molecule has 4 nitrogen and oxygen atoms in total. The van der Waals surface area contributed by atoms with Crippen LogP contribution in [0.3, 0.4) is 0 Å². The number of rotatable bonds is 6. The van der Waals surface area contributed by atoms with Crippen LogP contribution in [-0.2, 0) is 9.59 Å². The van der Waals surface area contributed by atoms with Crippen LogP contribution in [0.1, 0.15) is 26.2 Å². The summed E-state index contributed by atoms with van der Waals surface area (Å²) in [5.74, 6) is 0.434. The molecule has 1 saturated carbocycles. The lowest BCUT2D eigenvalue weighted by Crippen LogP contribution is -2.28. The number of nitrogens with one attached hydrogen (secondary N) is 1. The second-order valence-electron chi connectivity index (χ2n) is 4.68. The highest BCUT2D eigenvalue weighted by molar-refractivity contribution is 6.67. The molecule has 1 aromatic carbocycles. The molecule has 1 aromatic rings. The number of anilines is 1. The van der Waals surface area contributed by atoms with E-state index < -0.39 is 10.7 Å². The molecule has 102 valence electrons. The first-order valence-corrected chi connectivity index (χ1v) is 6.70. The predicted octanol–water partition coefficient (Wildman–Crippen LogP) is 2.96. The van der Waals surface area contributed by atoms with Crippen molar-refractivity contribution in [3.63, 3.8) is 0 Å². The molecule has 0 unspecified atom stereocenters. The van der Waals surface area contributed by atoms with Crippen LogP contribution in [0.25, 0.3) is 0 Å². The topological polar surface area (TPSA) is 55.4 Å². The third-order valence-electron chi connectivity index (χ3n) is 3.15. The van der Waals surface area contributed by atoms with Crippen molar-refractivity contribution in [3.8, 4) is 5.75 Å². The van der Waals surface area contributed by atoms with Gasteiger partial charge in [0.1, 0.15) is 11.2 Å². The molecule has 19 heavy (non-hydrogen) atoms. The van der Waals surface area contributed by atoms with E-state index in [1.807, 2.05) is 6.92 Å². The molecule has 0 radical (unpaired) electrons. The first-order chi connectivity index (χ1) is 9.08. The highest BCUT2D eigenvalue weighted by Crippen LogP contribution is 2.48. The molecule has 1 amide bonds. The molecule has 0 spiro atoms. The zero-order valence-corrected chi connectivity index (χ0v) is 11.5. The Morgan fingerprint density at radius 3 is 2.42 bits per heavy atom. The van der Waals surface area contributed by atoms with Crippen molar-refractivity contribution in [1.29, 1.82) is 0 Å². The van der Waals surface area contributed by atoms with E-state index in [9.17, 15) is 9.59 Å². The van der Waals surface area contributed by atoms with Crippen molar-refractivity contribution in [2.24, 2.45) is 5.41 Å². The van der Waals surface area contributed by atoms with E-state index in [1.54, 1.807) is 24.3 Å². The van der Waals surface area contributed by atoms with Crippen LogP contribution >= 0.6 is 11.6 Å². The molecule has 0 atom stereocenters. The average molecular weight is 282 g/mol. The first-order valence-electron chi connectivity index (χ1n) is 6.33. The second-order valence-corrected chi connectivity index (χ2v) is 5.03. The lowest BCUT2D eigenvalue weighted by molar-refractivity contribution is -0.128. The molecule has 0 saturated heterocycles. The summed E-state index contributed by atoms with van der Waals surface area (Å²) in [7, 11) is 0. The fourth-order valence-electron chi connectivity index (χ4n) is 1.74. The van der Waals surface area contributed by atoms with Crippen molar-refractivity contribution < 1.29 is 14.3 Å². The van der Waals surface area contributed by atoms with Crippen molar-refractivity contribution in [3.05, 3.63) is 24.3 Å². The molecule has 1 aliphatic carbocycles. The number of ether oxygens (including phenoxy) is 1. The summed E-state index contributed by atoms with van der Waals surface area (Å²) < 4.78 is 5.45. The number of amides is 1. The number of carbonyl (C=O) groups excluding carboxylic acids is 2. The van der Waals surface area contributed by atoms with Gasteiger partial charge in [-0.15, -0.1) is 0 Å². The summed E-state index contributed by atoms with van der Waals surface area (Å²) in [5, 5.41) is 2.13. The fraction of sp³-hybridized carbons (Fsp3) is 0.429. The largest absolute Gasteiger partial charge is 0.494 e. The Bertz CT molecular complexity index is 480. The van der Waals surface area contributed by atoms with Gasteiger partial charge in [0.2, 0.25) is 11.1 Å². The van der Waals surface area contributed by atoms with E-state index in [0.29, 0.717) is 25.1 Å². The van der Waals surface area contributed by atoms with E-state index in [-0.39, 0.29) is 5.91 Å². The summed E-state index contributed by atoms with van der Waals surface area (Å²) in [6.07, 6.45) is 2.00. The number of hydrogen-bond acceptors (Lipinski definition) is 3. The summed E-state index contributed by atoms with van der Waals surface area (Å²) in [4.78, 5) is 23.2. The van der Waals surface area contributed by atoms with Crippen LogP contribution in [0.15, 0.2) is 24.3 Å². The van der Waals surface area contributed by atoms with Crippen molar-refractivity contribution >= 4 is 28.4 Å².